The van der Waals surface area contributed by atoms with Gasteiger partial charge >= 0.3 is 6.16 Å². The lowest BCUT2D eigenvalue weighted by molar-refractivity contribution is -0.119. The molecule has 0 fully saturated rings. The van der Waals surface area contributed by atoms with E-state index in [0.717, 1.165) is 6.42 Å². The number of halogens is 1. The topological polar surface area (TPSA) is 58.2 Å². The molecule has 14 heavy (non-hydrogen) atoms. The number of Topliss-reactive ketones (excluding diaryl/α,β-unsaturated/α-hetero) is 1. The smallest absolute Gasteiger partial charge is 0.328 e. The van der Waals surface area contributed by atoms with Gasteiger partial charge in [0.2, 0.25) is 0 Å². The zero-order chi connectivity index (χ0) is 11.0. The molecule has 0 aromatic carbocycles. The van der Waals surface area contributed by atoms with Crippen molar-refractivity contribution in [1.29, 1.82) is 0 Å². The van der Waals surface area contributed by atoms with Gasteiger partial charge in [-0.05, 0) is 33.2 Å². The number of ketones is 1. The van der Waals surface area contributed by atoms with E-state index < -0.39 is 6.16 Å². The van der Waals surface area contributed by atoms with Crippen molar-refractivity contribution in [1.82, 2.24) is 10.6 Å². The summed E-state index contributed by atoms with van der Waals surface area (Å²) in [4.78, 5) is 20.8. The summed E-state index contributed by atoms with van der Waals surface area (Å²) in [5.74, 6) is 0.0991. The molecule has 0 aromatic heterocycles. The van der Waals surface area contributed by atoms with Gasteiger partial charge in [-0.25, -0.2) is 4.79 Å². The van der Waals surface area contributed by atoms with Crippen LogP contribution in [0.3, 0.4) is 0 Å². The minimum atomic E-state index is -1.50. The Morgan fingerprint density at radius 3 is 2.43 bits per heavy atom. The highest BCUT2D eigenvalue weighted by molar-refractivity contribution is 5.81. The first-order chi connectivity index (χ1) is 6.57. The molecule has 0 aliphatic rings. The summed E-state index contributed by atoms with van der Waals surface area (Å²) >= 11 is 0. The van der Waals surface area contributed by atoms with Crippen molar-refractivity contribution < 1.29 is 14.0 Å². The average molecular weight is 204 g/mol. The van der Waals surface area contributed by atoms with Crippen LogP contribution in [0.15, 0.2) is 0 Å². The maximum Gasteiger partial charge on any atom is 0.397 e. The van der Waals surface area contributed by atoms with Crippen LogP contribution in [0.4, 0.5) is 9.18 Å². The summed E-state index contributed by atoms with van der Waals surface area (Å²) in [6.07, 6.45) is 0.683. The van der Waals surface area contributed by atoms with Gasteiger partial charge in [0.25, 0.3) is 0 Å². The van der Waals surface area contributed by atoms with Crippen molar-refractivity contribution >= 4 is 11.9 Å². The molecule has 1 unspecified atom stereocenters. The third-order valence-electron chi connectivity index (χ3n) is 2.02. The largest absolute Gasteiger partial charge is 0.397 e. The summed E-state index contributed by atoms with van der Waals surface area (Å²) in [5, 5.41) is 4.95. The van der Waals surface area contributed by atoms with Crippen molar-refractivity contribution in [3.05, 3.63) is 0 Å². The number of likely N-dealkylation sites (N-methyl/N-ethyl adjacent to an activating group) is 1. The van der Waals surface area contributed by atoms with Crippen LogP contribution < -0.4 is 10.6 Å². The SMILES string of the molecule is CNC(CCCCNC(=O)F)C(C)=O. The Balaban J connectivity index is 3.42. The van der Waals surface area contributed by atoms with E-state index in [1.165, 1.54) is 6.92 Å². The molecule has 1 atom stereocenters. The van der Waals surface area contributed by atoms with E-state index in [-0.39, 0.29) is 11.8 Å². The lowest BCUT2D eigenvalue weighted by Crippen LogP contribution is -2.32. The monoisotopic (exact) mass is 204 g/mol. The van der Waals surface area contributed by atoms with Gasteiger partial charge < -0.3 is 10.6 Å². The number of hydrogen-bond acceptors (Lipinski definition) is 3. The van der Waals surface area contributed by atoms with E-state index in [2.05, 4.69) is 10.6 Å². The molecule has 0 aliphatic heterocycles. The molecule has 2 N–H and O–H groups in total. The van der Waals surface area contributed by atoms with E-state index in [1.54, 1.807) is 7.05 Å². The predicted molar refractivity (Wildman–Crippen MR) is 51.9 cm³/mol. The third kappa shape index (κ3) is 6.54. The molecule has 4 nitrogen and oxygen atoms in total. The lowest BCUT2D eigenvalue weighted by Gasteiger charge is -2.11. The molecule has 0 bridgehead atoms. The standard InChI is InChI=1S/C9H17FN2O2/c1-7(13)8(11-2)5-3-4-6-12-9(10)14/h8,11H,3-6H2,1-2H3,(H,12,14). The predicted octanol–water partition coefficient (Wildman–Crippen LogP) is 1.01. The number of nitrogens with one attached hydrogen (secondary N) is 2. The number of rotatable bonds is 7. The summed E-state index contributed by atoms with van der Waals surface area (Å²) < 4.78 is 11.7. The molecule has 0 saturated heterocycles. The molecule has 82 valence electrons. The highest BCUT2D eigenvalue weighted by Gasteiger charge is 2.09. The second-order valence-corrected chi connectivity index (χ2v) is 3.15. The van der Waals surface area contributed by atoms with Gasteiger partial charge in [-0.3, -0.25) is 4.79 Å². The van der Waals surface area contributed by atoms with Crippen LogP contribution in [0.2, 0.25) is 0 Å². The van der Waals surface area contributed by atoms with Crippen LogP contribution in [0, 0.1) is 0 Å². The number of amides is 1. The molecule has 5 heteroatoms. The molecular weight excluding hydrogens is 187 g/mol. The van der Waals surface area contributed by atoms with Gasteiger partial charge in [0, 0.05) is 6.54 Å². The highest BCUT2D eigenvalue weighted by Crippen LogP contribution is 2.00. The Morgan fingerprint density at radius 2 is 2.00 bits per heavy atom. The Morgan fingerprint density at radius 1 is 1.36 bits per heavy atom. The zero-order valence-corrected chi connectivity index (χ0v) is 8.60. The van der Waals surface area contributed by atoms with E-state index in [4.69, 9.17) is 0 Å². The van der Waals surface area contributed by atoms with Gasteiger partial charge in [-0.1, -0.05) is 0 Å². The van der Waals surface area contributed by atoms with Crippen molar-refractivity contribution in [2.45, 2.75) is 32.2 Å². The molecule has 1 amide bonds. The molecule has 0 heterocycles. The van der Waals surface area contributed by atoms with Crippen molar-refractivity contribution in [3.63, 3.8) is 0 Å². The Hall–Kier alpha value is -0.970. The summed E-state index contributed by atoms with van der Waals surface area (Å²) in [6, 6.07) is -0.129. The third-order valence-corrected chi connectivity index (χ3v) is 2.02. The van der Waals surface area contributed by atoms with E-state index in [9.17, 15) is 14.0 Å². The van der Waals surface area contributed by atoms with Crippen molar-refractivity contribution in [3.8, 4) is 0 Å². The number of unbranched alkanes of at least 4 members (excludes halogenated alkanes) is 1. The molecule has 0 aliphatic carbocycles. The molecule has 0 aromatic rings. The fourth-order valence-electron chi connectivity index (χ4n) is 1.21. The summed E-state index contributed by atoms with van der Waals surface area (Å²) in [6.45, 7) is 1.86. The molecule has 0 radical (unpaired) electrons. The Kier molecular flexibility index (Phi) is 6.92. The highest BCUT2D eigenvalue weighted by atomic mass is 19.1. The Bertz CT molecular complexity index is 197. The zero-order valence-electron chi connectivity index (χ0n) is 8.60. The maximum absolute atomic E-state index is 11.7. The quantitative estimate of drug-likeness (QED) is 0.369. The van der Waals surface area contributed by atoms with Crippen molar-refractivity contribution in [2.24, 2.45) is 0 Å². The first-order valence-electron chi connectivity index (χ1n) is 4.69. The first kappa shape index (κ1) is 13.0. The van der Waals surface area contributed by atoms with Gasteiger partial charge in [0.1, 0.15) is 5.78 Å². The minimum absolute atomic E-state index is 0.0991. The van der Waals surface area contributed by atoms with Crippen LogP contribution in [0.5, 0.6) is 0 Å². The fourth-order valence-corrected chi connectivity index (χ4v) is 1.21. The first-order valence-corrected chi connectivity index (χ1v) is 4.69. The van der Waals surface area contributed by atoms with E-state index in [1.807, 2.05) is 0 Å². The fraction of sp³-hybridized carbons (Fsp3) is 0.778. The van der Waals surface area contributed by atoms with Gasteiger partial charge in [0.05, 0.1) is 6.04 Å². The number of carbonyl (C=O) groups is 2. The van der Waals surface area contributed by atoms with Crippen LogP contribution in [0.1, 0.15) is 26.2 Å². The molecule has 0 rings (SSSR count). The van der Waals surface area contributed by atoms with Gasteiger partial charge in [-0.2, -0.15) is 0 Å². The maximum atomic E-state index is 11.7. The van der Waals surface area contributed by atoms with Gasteiger partial charge in [-0.15, -0.1) is 4.39 Å². The second kappa shape index (κ2) is 7.44. The average Bonchev–Trinajstić information content (AvgIpc) is 2.10. The van der Waals surface area contributed by atoms with Crippen LogP contribution in [-0.4, -0.2) is 31.6 Å². The van der Waals surface area contributed by atoms with Crippen LogP contribution >= 0.6 is 0 Å². The molecule has 0 spiro atoms. The van der Waals surface area contributed by atoms with Crippen molar-refractivity contribution in [2.75, 3.05) is 13.6 Å². The Labute approximate surface area is 83.2 Å². The molecular formula is C9H17FN2O2. The summed E-state index contributed by atoms with van der Waals surface area (Å²) in [7, 11) is 1.73. The number of hydrogen-bond donors (Lipinski definition) is 2. The lowest BCUT2D eigenvalue weighted by atomic mass is 10.1. The normalized spacial score (nSPS) is 12.2. The van der Waals surface area contributed by atoms with Gasteiger partial charge in [0.15, 0.2) is 0 Å². The van der Waals surface area contributed by atoms with Crippen LogP contribution in [0.25, 0.3) is 0 Å². The van der Waals surface area contributed by atoms with Crippen LogP contribution in [-0.2, 0) is 4.79 Å². The summed E-state index contributed by atoms with van der Waals surface area (Å²) in [5.41, 5.74) is 0. The van der Waals surface area contributed by atoms with E-state index >= 15 is 0 Å². The molecule has 0 saturated carbocycles. The number of carbonyl (C=O) groups excluding carboxylic acids is 2. The second-order valence-electron chi connectivity index (χ2n) is 3.15. The van der Waals surface area contributed by atoms with E-state index in [0.29, 0.717) is 19.4 Å². The minimum Gasteiger partial charge on any atom is -0.328 e.